The molecule has 0 aliphatic carbocycles. The standard InChI is InChI=1S/C13H14N2O2/c1-2-8-14-11-9-12(16)15(13(11)17)10-6-4-3-5-7-10/h2-7,11,14H,1,8-9H2/t11-/m1/s1. The lowest BCUT2D eigenvalue weighted by Crippen LogP contribution is -2.38. The molecular weight excluding hydrogens is 216 g/mol. The summed E-state index contributed by atoms with van der Waals surface area (Å²) in [7, 11) is 0. The van der Waals surface area contributed by atoms with Crippen LogP contribution in [0.1, 0.15) is 6.42 Å². The number of hydrogen-bond acceptors (Lipinski definition) is 3. The van der Waals surface area contributed by atoms with Gasteiger partial charge in [-0.3, -0.25) is 9.59 Å². The summed E-state index contributed by atoms with van der Waals surface area (Å²) in [5.74, 6) is -0.356. The van der Waals surface area contributed by atoms with Crippen LogP contribution >= 0.6 is 0 Å². The molecule has 1 saturated heterocycles. The van der Waals surface area contributed by atoms with Gasteiger partial charge in [0.15, 0.2) is 0 Å². The Labute approximate surface area is 99.9 Å². The predicted octanol–water partition coefficient (Wildman–Crippen LogP) is 1.09. The number of amides is 2. The zero-order chi connectivity index (χ0) is 12.3. The van der Waals surface area contributed by atoms with Gasteiger partial charge in [0.1, 0.15) is 0 Å². The predicted molar refractivity (Wildman–Crippen MR) is 65.5 cm³/mol. The van der Waals surface area contributed by atoms with Crippen molar-refractivity contribution in [2.75, 3.05) is 11.4 Å². The van der Waals surface area contributed by atoms with E-state index in [0.29, 0.717) is 12.2 Å². The van der Waals surface area contributed by atoms with Crippen molar-refractivity contribution < 1.29 is 9.59 Å². The van der Waals surface area contributed by atoms with Gasteiger partial charge < -0.3 is 5.32 Å². The number of nitrogens with zero attached hydrogens (tertiary/aromatic N) is 1. The molecule has 2 amide bonds. The molecule has 0 bridgehead atoms. The van der Waals surface area contributed by atoms with Crippen LogP contribution in [0.15, 0.2) is 43.0 Å². The molecule has 4 heteroatoms. The summed E-state index contributed by atoms with van der Waals surface area (Å²) in [5.41, 5.74) is 0.630. The second-order valence-corrected chi connectivity index (χ2v) is 3.86. The Morgan fingerprint density at radius 2 is 2.06 bits per heavy atom. The highest BCUT2D eigenvalue weighted by Gasteiger charge is 2.38. The van der Waals surface area contributed by atoms with Gasteiger partial charge in [-0.1, -0.05) is 24.3 Å². The normalized spacial score (nSPS) is 19.8. The molecule has 1 aromatic carbocycles. The molecule has 1 fully saturated rings. The van der Waals surface area contributed by atoms with Gasteiger partial charge in [-0.2, -0.15) is 0 Å². The molecule has 0 radical (unpaired) electrons. The van der Waals surface area contributed by atoms with Crippen LogP contribution in [0.5, 0.6) is 0 Å². The van der Waals surface area contributed by atoms with Crippen molar-refractivity contribution in [1.82, 2.24) is 5.32 Å². The van der Waals surface area contributed by atoms with Crippen LogP contribution < -0.4 is 10.2 Å². The van der Waals surface area contributed by atoms with Crippen molar-refractivity contribution >= 4 is 17.5 Å². The van der Waals surface area contributed by atoms with Crippen molar-refractivity contribution in [3.05, 3.63) is 43.0 Å². The summed E-state index contributed by atoms with van der Waals surface area (Å²) in [5, 5.41) is 2.98. The first-order chi connectivity index (χ1) is 8.24. The molecule has 4 nitrogen and oxygen atoms in total. The number of carbonyl (C=O) groups excluding carboxylic acids is 2. The number of benzene rings is 1. The van der Waals surface area contributed by atoms with Gasteiger partial charge in [-0.05, 0) is 12.1 Å². The lowest BCUT2D eigenvalue weighted by molar-refractivity contribution is -0.121. The molecule has 1 N–H and O–H groups in total. The molecule has 1 aromatic rings. The van der Waals surface area contributed by atoms with E-state index in [0.717, 1.165) is 0 Å². The van der Waals surface area contributed by atoms with Crippen LogP contribution in [0.25, 0.3) is 0 Å². The molecule has 0 unspecified atom stereocenters. The van der Waals surface area contributed by atoms with Gasteiger partial charge in [0.25, 0.3) is 5.91 Å². The van der Waals surface area contributed by atoms with E-state index >= 15 is 0 Å². The Balaban J connectivity index is 2.17. The lowest BCUT2D eigenvalue weighted by Gasteiger charge is -2.14. The van der Waals surface area contributed by atoms with Crippen LogP contribution in [0.2, 0.25) is 0 Å². The number of hydrogen-bond donors (Lipinski definition) is 1. The van der Waals surface area contributed by atoms with Crippen molar-refractivity contribution in [2.45, 2.75) is 12.5 Å². The minimum absolute atomic E-state index is 0.164. The third-order valence-electron chi connectivity index (χ3n) is 2.67. The summed E-state index contributed by atoms with van der Waals surface area (Å²) >= 11 is 0. The number of nitrogens with one attached hydrogen (secondary N) is 1. The van der Waals surface area contributed by atoms with E-state index in [2.05, 4.69) is 11.9 Å². The Morgan fingerprint density at radius 3 is 2.71 bits per heavy atom. The zero-order valence-corrected chi connectivity index (χ0v) is 9.43. The number of rotatable bonds is 4. The van der Waals surface area contributed by atoms with E-state index in [1.807, 2.05) is 6.07 Å². The third-order valence-corrected chi connectivity index (χ3v) is 2.67. The molecule has 17 heavy (non-hydrogen) atoms. The van der Waals surface area contributed by atoms with Gasteiger partial charge in [-0.25, -0.2) is 4.90 Å². The maximum absolute atomic E-state index is 12.0. The Bertz CT molecular complexity index is 442. The Morgan fingerprint density at radius 1 is 1.35 bits per heavy atom. The third kappa shape index (κ3) is 2.26. The van der Waals surface area contributed by atoms with Crippen molar-refractivity contribution in [3.8, 4) is 0 Å². The molecule has 0 aromatic heterocycles. The van der Waals surface area contributed by atoms with Crippen LogP contribution in [-0.4, -0.2) is 24.4 Å². The fraction of sp³-hybridized carbons (Fsp3) is 0.231. The van der Waals surface area contributed by atoms with Gasteiger partial charge >= 0.3 is 0 Å². The minimum atomic E-state index is -0.430. The van der Waals surface area contributed by atoms with E-state index < -0.39 is 6.04 Å². The van der Waals surface area contributed by atoms with E-state index in [-0.39, 0.29) is 18.2 Å². The average molecular weight is 230 g/mol. The number of anilines is 1. The summed E-state index contributed by atoms with van der Waals surface area (Å²) in [4.78, 5) is 25.1. The monoisotopic (exact) mass is 230 g/mol. The number of imide groups is 1. The van der Waals surface area contributed by atoms with Gasteiger partial charge in [-0.15, -0.1) is 6.58 Å². The minimum Gasteiger partial charge on any atom is -0.302 e. The Hall–Kier alpha value is -1.94. The van der Waals surface area contributed by atoms with E-state index in [1.165, 1.54) is 4.90 Å². The summed E-state index contributed by atoms with van der Waals surface area (Å²) in [6, 6.07) is 8.54. The smallest absolute Gasteiger partial charge is 0.251 e. The Kier molecular flexibility index (Phi) is 3.35. The van der Waals surface area contributed by atoms with Crippen molar-refractivity contribution in [3.63, 3.8) is 0 Å². The lowest BCUT2D eigenvalue weighted by atomic mass is 10.2. The fourth-order valence-corrected chi connectivity index (χ4v) is 1.87. The maximum Gasteiger partial charge on any atom is 0.251 e. The topological polar surface area (TPSA) is 49.4 Å². The van der Waals surface area contributed by atoms with E-state index in [4.69, 9.17) is 0 Å². The first kappa shape index (κ1) is 11.5. The highest BCUT2D eigenvalue weighted by molar-refractivity contribution is 6.22. The molecule has 0 spiro atoms. The van der Waals surface area contributed by atoms with Crippen LogP contribution in [-0.2, 0) is 9.59 Å². The fourth-order valence-electron chi connectivity index (χ4n) is 1.87. The number of para-hydroxylation sites is 1. The van der Waals surface area contributed by atoms with Crippen LogP contribution in [0, 0.1) is 0 Å². The molecular formula is C13H14N2O2. The summed E-state index contributed by atoms with van der Waals surface area (Å²) in [6.45, 7) is 4.09. The quantitative estimate of drug-likeness (QED) is 0.622. The second kappa shape index (κ2) is 4.93. The molecule has 1 heterocycles. The highest BCUT2D eigenvalue weighted by Crippen LogP contribution is 2.22. The SMILES string of the molecule is C=CCN[C@@H]1CC(=O)N(c2ccccc2)C1=O. The van der Waals surface area contributed by atoms with Crippen molar-refractivity contribution in [1.29, 1.82) is 0 Å². The first-order valence-corrected chi connectivity index (χ1v) is 5.50. The highest BCUT2D eigenvalue weighted by atomic mass is 16.2. The largest absolute Gasteiger partial charge is 0.302 e. The van der Waals surface area contributed by atoms with Gasteiger partial charge in [0.2, 0.25) is 5.91 Å². The summed E-state index contributed by atoms with van der Waals surface area (Å²) in [6.07, 6.45) is 1.88. The van der Waals surface area contributed by atoms with Gasteiger partial charge in [0, 0.05) is 6.54 Å². The zero-order valence-electron chi connectivity index (χ0n) is 9.43. The summed E-state index contributed by atoms with van der Waals surface area (Å²) < 4.78 is 0. The molecule has 1 atom stereocenters. The second-order valence-electron chi connectivity index (χ2n) is 3.86. The van der Waals surface area contributed by atoms with Gasteiger partial charge in [0.05, 0.1) is 18.2 Å². The first-order valence-electron chi connectivity index (χ1n) is 5.50. The molecule has 1 aliphatic heterocycles. The van der Waals surface area contributed by atoms with Crippen molar-refractivity contribution in [2.24, 2.45) is 0 Å². The molecule has 2 rings (SSSR count). The molecule has 88 valence electrons. The van der Waals surface area contributed by atoms with Crippen LogP contribution in [0.3, 0.4) is 0 Å². The van der Waals surface area contributed by atoms with Crippen LogP contribution in [0.4, 0.5) is 5.69 Å². The molecule has 1 aliphatic rings. The van der Waals surface area contributed by atoms with E-state index in [1.54, 1.807) is 30.3 Å². The maximum atomic E-state index is 12.0. The molecule has 0 saturated carbocycles. The average Bonchev–Trinajstić information content (AvgIpc) is 2.63. The van der Waals surface area contributed by atoms with E-state index in [9.17, 15) is 9.59 Å². The number of carbonyl (C=O) groups is 2.